The number of Topliss-reactive ketones (excluding diaryl/α,β-unsaturated/α-hetero) is 1. The Morgan fingerprint density at radius 2 is 1.93 bits per heavy atom. The van der Waals surface area contributed by atoms with Crippen molar-refractivity contribution in [1.29, 1.82) is 0 Å². The number of alkyl halides is 1. The lowest BCUT2D eigenvalue weighted by Gasteiger charge is -2.16. The van der Waals surface area contributed by atoms with Crippen LogP contribution in [0.3, 0.4) is 0 Å². The Morgan fingerprint density at radius 1 is 1.18 bits per heavy atom. The van der Waals surface area contributed by atoms with E-state index in [0.717, 1.165) is 5.56 Å². The number of ketones is 1. The van der Waals surface area contributed by atoms with E-state index in [1.165, 1.54) is 11.6 Å². The first-order valence-electron chi connectivity index (χ1n) is 8.82. The molecule has 1 heterocycles. The zero-order valence-corrected chi connectivity index (χ0v) is 16.4. The molecule has 0 atom stereocenters. The van der Waals surface area contributed by atoms with Gasteiger partial charge >= 0.3 is 0 Å². The van der Waals surface area contributed by atoms with Crippen molar-refractivity contribution >= 4 is 28.8 Å². The van der Waals surface area contributed by atoms with Crippen molar-refractivity contribution in [2.24, 2.45) is 0 Å². The van der Waals surface area contributed by atoms with Crippen molar-refractivity contribution in [3.8, 4) is 17.0 Å². The Labute approximate surface area is 167 Å². The summed E-state index contributed by atoms with van der Waals surface area (Å²) in [6.07, 6.45) is 0. The minimum absolute atomic E-state index is 0.0121. The number of halogens is 1. The van der Waals surface area contributed by atoms with E-state index >= 15 is 0 Å². The topological polar surface area (TPSA) is 73.2 Å². The fourth-order valence-electron chi connectivity index (χ4n) is 2.91. The van der Waals surface area contributed by atoms with Crippen LogP contribution in [0.2, 0.25) is 0 Å². The number of rotatable bonds is 7. The first-order chi connectivity index (χ1) is 13.5. The van der Waals surface area contributed by atoms with E-state index in [9.17, 15) is 9.59 Å². The molecule has 0 spiro atoms. The molecule has 1 aromatic heterocycles. The van der Waals surface area contributed by atoms with Gasteiger partial charge in [0, 0.05) is 23.9 Å². The fraction of sp³-hybridized carbons (Fsp3) is 0.190. The highest BCUT2D eigenvalue weighted by atomic mass is 35.5. The maximum atomic E-state index is 13.0. The predicted octanol–water partition coefficient (Wildman–Crippen LogP) is 4.45. The van der Waals surface area contributed by atoms with Gasteiger partial charge in [0.25, 0.3) is 5.56 Å². The first kappa shape index (κ1) is 19.6. The lowest BCUT2D eigenvalue weighted by atomic mass is 10.0. The first-order valence-corrected chi connectivity index (χ1v) is 9.36. The van der Waals surface area contributed by atoms with Gasteiger partial charge < -0.3 is 10.1 Å². The van der Waals surface area contributed by atoms with Crippen LogP contribution in [-0.4, -0.2) is 21.6 Å². The van der Waals surface area contributed by atoms with E-state index in [1.807, 2.05) is 37.3 Å². The van der Waals surface area contributed by atoms with Crippen LogP contribution in [-0.2, 0) is 6.54 Å². The summed E-state index contributed by atoms with van der Waals surface area (Å²) in [4.78, 5) is 25.5. The molecule has 6 nitrogen and oxygen atoms in total. The van der Waals surface area contributed by atoms with E-state index in [-0.39, 0.29) is 28.7 Å². The zero-order chi connectivity index (χ0) is 20.1. The van der Waals surface area contributed by atoms with Crippen LogP contribution in [0.5, 0.6) is 5.75 Å². The summed E-state index contributed by atoms with van der Waals surface area (Å²) in [5, 5.41) is 7.52. The largest absolute Gasteiger partial charge is 0.478 e. The third kappa shape index (κ3) is 4.07. The van der Waals surface area contributed by atoms with Crippen LogP contribution in [0.4, 0.5) is 11.4 Å². The van der Waals surface area contributed by atoms with Gasteiger partial charge in [-0.3, -0.25) is 9.59 Å². The van der Waals surface area contributed by atoms with Crippen LogP contribution >= 0.6 is 11.6 Å². The zero-order valence-electron chi connectivity index (χ0n) is 15.6. The standard InChI is InChI=1S/C21H20ClN3O3/c1-3-25-21(27)20(23-16-10-7-11-17(12-16)28-13-22)18(14(2)26)19(24-25)15-8-5-4-6-9-15/h4-12,23H,3,13H2,1-2H3. The van der Waals surface area contributed by atoms with Crippen molar-refractivity contribution in [2.45, 2.75) is 20.4 Å². The maximum Gasteiger partial charge on any atom is 0.291 e. The van der Waals surface area contributed by atoms with Gasteiger partial charge in [0.15, 0.2) is 11.8 Å². The van der Waals surface area contributed by atoms with Gasteiger partial charge in [-0.1, -0.05) is 48.0 Å². The molecule has 3 rings (SSSR count). The molecule has 1 N–H and O–H groups in total. The number of aryl methyl sites for hydroxylation is 1. The molecule has 0 saturated heterocycles. The summed E-state index contributed by atoms with van der Waals surface area (Å²) < 4.78 is 6.64. The van der Waals surface area contributed by atoms with E-state index in [1.54, 1.807) is 24.3 Å². The minimum atomic E-state index is -0.365. The predicted molar refractivity (Wildman–Crippen MR) is 111 cm³/mol. The Bertz CT molecular complexity index is 1050. The van der Waals surface area contributed by atoms with Crippen molar-refractivity contribution in [1.82, 2.24) is 9.78 Å². The second kappa shape index (κ2) is 8.71. The second-order valence-electron chi connectivity index (χ2n) is 6.05. The molecule has 0 radical (unpaired) electrons. The third-order valence-corrected chi connectivity index (χ3v) is 4.29. The fourth-order valence-corrected chi connectivity index (χ4v) is 3.04. The van der Waals surface area contributed by atoms with E-state index in [2.05, 4.69) is 10.4 Å². The number of nitrogens with one attached hydrogen (secondary N) is 1. The van der Waals surface area contributed by atoms with Gasteiger partial charge in [-0.15, -0.1) is 0 Å². The smallest absolute Gasteiger partial charge is 0.291 e. The van der Waals surface area contributed by atoms with Gasteiger partial charge in [-0.2, -0.15) is 5.10 Å². The number of benzene rings is 2. The number of carbonyl (C=O) groups excluding carboxylic acids is 1. The van der Waals surface area contributed by atoms with Crippen LogP contribution in [0.15, 0.2) is 59.4 Å². The van der Waals surface area contributed by atoms with Crippen molar-refractivity contribution < 1.29 is 9.53 Å². The molecule has 0 aliphatic rings. The maximum absolute atomic E-state index is 13.0. The number of hydrogen-bond acceptors (Lipinski definition) is 5. The normalized spacial score (nSPS) is 10.5. The molecule has 0 aliphatic carbocycles. The highest BCUT2D eigenvalue weighted by molar-refractivity contribution is 6.17. The summed E-state index contributed by atoms with van der Waals surface area (Å²) in [5.74, 6) is 0.305. The highest BCUT2D eigenvalue weighted by Gasteiger charge is 2.22. The highest BCUT2D eigenvalue weighted by Crippen LogP contribution is 2.28. The van der Waals surface area contributed by atoms with Gasteiger partial charge in [-0.05, 0) is 26.0 Å². The molecular formula is C21H20ClN3O3. The van der Waals surface area contributed by atoms with Gasteiger partial charge in [0.1, 0.15) is 17.1 Å². The van der Waals surface area contributed by atoms with Crippen LogP contribution in [0.25, 0.3) is 11.3 Å². The molecule has 2 aromatic carbocycles. The van der Waals surface area contributed by atoms with Crippen molar-refractivity contribution in [2.75, 3.05) is 11.4 Å². The molecule has 7 heteroatoms. The molecule has 0 amide bonds. The number of carbonyl (C=O) groups is 1. The third-order valence-electron chi connectivity index (χ3n) is 4.18. The van der Waals surface area contributed by atoms with E-state index in [0.29, 0.717) is 23.7 Å². The van der Waals surface area contributed by atoms with E-state index < -0.39 is 0 Å². The number of nitrogens with zero attached hydrogens (tertiary/aromatic N) is 2. The Hall–Kier alpha value is -3.12. The number of ether oxygens (including phenoxy) is 1. The molecular weight excluding hydrogens is 378 g/mol. The molecule has 3 aromatic rings. The monoisotopic (exact) mass is 397 g/mol. The average Bonchev–Trinajstić information content (AvgIpc) is 2.70. The molecule has 0 unspecified atom stereocenters. The second-order valence-corrected chi connectivity index (χ2v) is 6.27. The summed E-state index contributed by atoms with van der Waals surface area (Å²) in [6, 6.07) is 16.4. The molecule has 144 valence electrons. The number of aromatic nitrogens is 2. The Kier molecular flexibility index (Phi) is 6.11. The summed E-state index contributed by atoms with van der Waals surface area (Å²) >= 11 is 5.62. The van der Waals surface area contributed by atoms with Crippen LogP contribution in [0, 0.1) is 0 Å². The molecule has 28 heavy (non-hydrogen) atoms. The summed E-state index contributed by atoms with van der Waals surface area (Å²) in [7, 11) is 0. The number of hydrogen-bond donors (Lipinski definition) is 1. The number of anilines is 2. The minimum Gasteiger partial charge on any atom is -0.478 e. The van der Waals surface area contributed by atoms with E-state index in [4.69, 9.17) is 16.3 Å². The molecule has 0 bridgehead atoms. The van der Waals surface area contributed by atoms with Gasteiger partial charge in [-0.25, -0.2) is 4.68 Å². The van der Waals surface area contributed by atoms with Gasteiger partial charge in [0.2, 0.25) is 0 Å². The average molecular weight is 398 g/mol. The van der Waals surface area contributed by atoms with Crippen LogP contribution < -0.4 is 15.6 Å². The molecule has 0 saturated carbocycles. The van der Waals surface area contributed by atoms with Crippen LogP contribution in [0.1, 0.15) is 24.2 Å². The van der Waals surface area contributed by atoms with Crippen molar-refractivity contribution in [3.63, 3.8) is 0 Å². The Balaban J connectivity index is 2.20. The summed E-state index contributed by atoms with van der Waals surface area (Å²) in [6.45, 7) is 3.63. The lowest BCUT2D eigenvalue weighted by molar-refractivity contribution is 0.101. The SMILES string of the molecule is CCn1nc(-c2ccccc2)c(C(C)=O)c(Nc2cccc(OCCl)c2)c1=O. The molecule has 0 fully saturated rings. The molecule has 0 aliphatic heterocycles. The van der Waals surface area contributed by atoms with Crippen molar-refractivity contribution in [3.05, 3.63) is 70.5 Å². The summed E-state index contributed by atoms with van der Waals surface area (Å²) in [5.41, 5.74) is 1.91. The lowest BCUT2D eigenvalue weighted by Crippen LogP contribution is -2.28. The quantitative estimate of drug-likeness (QED) is 0.471. The Morgan fingerprint density at radius 3 is 2.57 bits per heavy atom. The van der Waals surface area contributed by atoms with Gasteiger partial charge in [0.05, 0.1) is 5.56 Å².